The lowest BCUT2D eigenvalue weighted by atomic mass is 9.79. The Morgan fingerprint density at radius 1 is 0.625 bits per heavy atom. The van der Waals surface area contributed by atoms with Crippen LogP contribution in [0.4, 0.5) is 0 Å². The van der Waals surface area contributed by atoms with Crippen molar-refractivity contribution in [1.29, 1.82) is 0 Å². The van der Waals surface area contributed by atoms with Crippen LogP contribution in [0, 0.1) is 0 Å². The SMILES string of the molecule is CC(C)(C)c1cc(-c2nnc(Cc3ccc(-c4ccccc4)cc3)o2)cc(C(C)(C)C)c1. The van der Waals surface area contributed by atoms with Crippen molar-refractivity contribution in [3.05, 3.63) is 95.4 Å². The molecular weight excluding hydrogens is 392 g/mol. The van der Waals surface area contributed by atoms with Gasteiger partial charge in [0, 0.05) is 5.56 Å². The van der Waals surface area contributed by atoms with Gasteiger partial charge in [0.1, 0.15) is 0 Å². The van der Waals surface area contributed by atoms with Gasteiger partial charge in [-0.15, -0.1) is 10.2 Å². The monoisotopic (exact) mass is 424 g/mol. The third-order valence-electron chi connectivity index (χ3n) is 5.80. The predicted molar refractivity (Wildman–Crippen MR) is 132 cm³/mol. The number of rotatable bonds is 4. The third kappa shape index (κ3) is 4.99. The highest BCUT2D eigenvalue weighted by molar-refractivity contribution is 5.63. The van der Waals surface area contributed by atoms with Crippen LogP contribution in [-0.4, -0.2) is 10.2 Å². The second-order valence-corrected chi connectivity index (χ2v) is 10.5. The third-order valence-corrected chi connectivity index (χ3v) is 5.80. The van der Waals surface area contributed by atoms with E-state index in [2.05, 4.69) is 118 Å². The summed E-state index contributed by atoms with van der Waals surface area (Å²) in [5, 5.41) is 8.71. The van der Waals surface area contributed by atoms with Crippen LogP contribution in [0.15, 0.2) is 77.2 Å². The molecule has 0 bridgehead atoms. The number of benzene rings is 3. The zero-order chi connectivity index (χ0) is 22.9. The van der Waals surface area contributed by atoms with Crippen LogP contribution < -0.4 is 0 Å². The number of hydrogen-bond acceptors (Lipinski definition) is 3. The summed E-state index contributed by atoms with van der Waals surface area (Å²) < 4.78 is 6.10. The van der Waals surface area contributed by atoms with Crippen molar-refractivity contribution in [3.63, 3.8) is 0 Å². The van der Waals surface area contributed by atoms with E-state index in [9.17, 15) is 0 Å². The molecule has 0 amide bonds. The molecule has 3 heteroatoms. The molecule has 0 aliphatic rings. The molecule has 0 radical (unpaired) electrons. The van der Waals surface area contributed by atoms with E-state index in [0.717, 1.165) is 11.1 Å². The van der Waals surface area contributed by atoms with Crippen LogP contribution in [0.2, 0.25) is 0 Å². The van der Waals surface area contributed by atoms with Gasteiger partial charge in [0.05, 0.1) is 6.42 Å². The highest BCUT2D eigenvalue weighted by Gasteiger charge is 2.22. The molecule has 0 saturated carbocycles. The fraction of sp³-hybridized carbons (Fsp3) is 0.310. The molecule has 0 atom stereocenters. The Balaban J connectivity index is 1.59. The molecule has 1 heterocycles. The number of nitrogens with zero attached hydrogens (tertiary/aromatic N) is 2. The van der Waals surface area contributed by atoms with E-state index in [-0.39, 0.29) is 10.8 Å². The van der Waals surface area contributed by atoms with Gasteiger partial charge in [-0.3, -0.25) is 0 Å². The van der Waals surface area contributed by atoms with E-state index >= 15 is 0 Å². The van der Waals surface area contributed by atoms with Crippen LogP contribution in [0.25, 0.3) is 22.6 Å². The largest absolute Gasteiger partial charge is 0.420 e. The maximum absolute atomic E-state index is 6.10. The maximum atomic E-state index is 6.10. The molecule has 0 saturated heterocycles. The molecule has 0 fully saturated rings. The van der Waals surface area contributed by atoms with E-state index in [4.69, 9.17) is 4.42 Å². The lowest BCUT2D eigenvalue weighted by Crippen LogP contribution is -2.16. The van der Waals surface area contributed by atoms with E-state index < -0.39 is 0 Å². The Morgan fingerprint density at radius 2 is 1.19 bits per heavy atom. The second kappa shape index (κ2) is 8.38. The van der Waals surface area contributed by atoms with Crippen LogP contribution >= 0.6 is 0 Å². The molecule has 32 heavy (non-hydrogen) atoms. The average molecular weight is 425 g/mol. The molecule has 164 valence electrons. The molecule has 0 spiro atoms. The number of aromatic nitrogens is 2. The summed E-state index contributed by atoms with van der Waals surface area (Å²) in [5.74, 6) is 1.21. The van der Waals surface area contributed by atoms with E-state index in [1.807, 2.05) is 6.07 Å². The Kier molecular flexibility index (Phi) is 5.77. The van der Waals surface area contributed by atoms with Gasteiger partial charge in [0.15, 0.2) is 0 Å². The molecule has 4 aromatic rings. The molecular formula is C29H32N2O. The zero-order valence-electron chi connectivity index (χ0n) is 19.9. The Labute approximate surface area is 191 Å². The van der Waals surface area contributed by atoms with Crippen LogP contribution in [0.1, 0.15) is 64.1 Å². The molecule has 0 N–H and O–H groups in total. The minimum absolute atomic E-state index is 0.0410. The highest BCUT2D eigenvalue weighted by atomic mass is 16.4. The average Bonchev–Trinajstić information content (AvgIpc) is 3.22. The van der Waals surface area contributed by atoms with E-state index in [1.54, 1.807) is 0 Å². The standard InChI is InChI=1S/C29H32N2O/c1-28(2,3)24-17-23(18-25(19-24)29(4,5)6)27-31-30-26(32-27)16-20-12-14-22(15-13-20)21-10-8-7-9-11-21/h7-15,17-19H,16H2,1-6H3. The fourth-order valence-corrected chi connectivity index (χ4v) is 3.68. The molecule has 0 aliphatic heterocycles. The lowest BCUT2D eigenvalue weighted by molar-refractivity contribution is 0.517. The minimum Gasteiger partial charge on any atom is -0.420 e. The van der Waals surface area contributed by atoms with Gasteiger partial charge < -0.3 is 4.42 Å². The van der Waals surface area contributed by atoms with Crippen molar-refractivity contribution in [2.75, 3.05) is 0 Å². The van der Waals surface area contributed by atoms with Gasteiger partial charge in [-0.25, -0.2) is 0 Å². The summed E-state index contributed by atoms with van der Waals surface area (Å²) in [6, 6.07) is 25.6. The topological polar surface area (TPSA) is 38.9 Å². The smallest absolute Gasteiger partial charge is 0.247 e. The van der Waals surface area contributed by atoms with E-state index in [0.29, 0.717) is 18.2 Å². The van der Waals surface area contributed by atoms with Gasteiger partial charge in [-0.05, 0) is 50.8 Å². The molecule has 0 unspecified atom stereocenters. The van der Waals surface area contributed by atoms with Gasteiger partial charge >= 0.3 is 0 Å². The van der Waals surface area contributed by atoms with Crippen molar-refractivity contribution >= 4 is 0 Å². The Morgan fingerprint density at radius 3 is 1.75 bits per heavy atom. The molecule has 3 aromatic carbocycles. The molecule has 0 aliphatic carbocycles. The lowest BCUT2D eigenvalue weighted by Gasteiger charge is -2.25. The molecule has 1 aromatic heterocycles. The first kappa shape index (κ1) is 22.0. The fourth-order valence-electron chi connectivity index (χ4n) is 3.68. The van der Waals surface area contributed by atoms with Crippen molar-refractivity contribution in [3.8, 4) is 22.6 Å². The summed E-state index contributed by atoms with van der Waals surface area (Å²) in [6.45, 7) is 13.4. The first-order valence-corrected chi connectivity index (χ1v) is 11.2. The molecule has 3 nitrogen and oxygen atoms in total. The van der Waals surface area contributed by atoms with Crippen molar-refractivity contribution in [2.45, 2.75) is 58.8 Å². The first-order valence-electron chi connectivity index (χ1n) is 11.2. The predicted octanol–water partition coefficient (Wildman–Crippen LogP) is 7.59. The minimum atomic E-state index is 0.0410. The summed E-state index contributed by atoms with van der Waals surface area (Å²) in [6.07, 6.45) is 0.618. The van der Waals surface area contributed by atoms with Crippen molar-refractivity contribution < 1.29 is 4.42 Å². The molecule has 4 rings (SSSR count). The first-order chi connectivity index (χ1) is 15.1. The second-order valence-electron chi connectivity index (χ2n) is 10.5. The van der Waals surface area contributed by atoms with Crippen LogP contribution in [-0.2, 0) is 17.3 Å². The number of hydrogen-bond donors (Lipinski definition) is 0. The Bertz CT molecular complexity index is 1160. The van der Waals surface area contributed by atoms with Gasteiger partial charge in [0.2, 0.25) is 11.8 Å². The normalized spacial score (nSPS) is 12.2. The zero-order valence-corrected chi connectivity index (χ0v) is 19.9. The van der Waals surface area contributed by atoms with Crippen LogP contribution in [0.3, 0.4) is 0 Å². The van der Waals surface area contributed by atoms with Crippen LogP contribution in [0.5, 0.6) is 0 Å². The van der Waals surface area contributed by atoms with Crippen molar-refractivity contribution in [2.24, 2.45) is 0 Å². The van der Waals surface area contributed by atoms with Gasteiger partial charge in [-0.1, -0.05) is 102 Å². The summed E-state index contributed by atoms with van der Waals surface area (Å²) in [7, 11) is 0. The summed E-state index contributed by atoms with van der Waals surface area (Å²) in [5.41, 5.74) is 7.19. The van der Waals surface area contributed by atoms with Gasteiger partial charge in [0.25, 0.3) is 0 Å². The summed E-state index contributed by atoms with van der Waals surface area (Å²) >= 11 is 0. The summed E-state index contributed by atoms with van der Waals surface area (Å²) in [4.78, 5) is 0. The van der Waals surface area contributed by atoms with Crippen molar-refractivity contribution in [1.82, 2.24) is 10.2 Å². The maximum Gasteiger partial charge on any atom is 0.247 e. The van der Waals surface area contributed by atoms with Gasteiger partial charge in [-0.2, -0.15) is 0 Å². The highest BCUT2D eigenvalue weighted by Crippen LogP contribution is 2.33. The quantitative estimate of drug-likeness (QED) is 0.339. The Hall–Kier alpha value is -3.20. The van der Waals surface area contributed by atoms with E-state index in [1.165, 1.54) is 22.3 Å².